The van der Waals surface area contributed by atoms with E-state index < -0.39 is 4.92 Å². The molecule has 0 saturated heterocycles. The van der Waals surface area contributed by atoms with Gasteiger partial charge in [-0.25, -0.2) is 4.98 Å². The number of nitrogens with zero attached hydrogens (tertiary/aromatic N) is 2. The summed E-state index contributed by atoms with van der Waals surface area (Å²) in [7, 11) is 0. The highest BCUT2D eigenvalue weighted by molar-refractivity contribution is 7.18. The summed E-state index contributed by atoms with van der Waals surface area (Å²) in [4.78, 5) is 26.2. The van der Waals surface area contributed by atoms with Gasteiger partial charge in [0.1, 0.15) is 6.20 Å². The molecule has 0 bridgehead atoms. The molecule has 1 N–H and O–H groups in total. The summed E-state index contributed by atoms with van der Waals surface area (Å²) in [5, 5.41) is 13.3. The number of nitrogens with one attached hydrogen (secondary N) is 1. The highest BCUT2D eigenvalue weighted by Gasteiger charge is 2.17. The van der Waals surface area contributed by atoms with E-state index in [0.717, 1.165) is 28.7 Å². The standard InChI is InChI=1S/C14H15N3O3S/c1-8(2)10-5-4-6-11(9(10)3)13(18)16-14-15-7-12(21-14)17(19)20/h4-8H,1-3H3,(H,15,16,18). The smallest absolute Gasteiger partial charge is 0.298 e. The van der Waals surface area contributed by atoms with Crippen molar-refractivity contribution in [3.8, 4) is 0 Å². The van der Waals surface area contributed by atoms with Crippen LogP contribution in [-0.4, -0.2) is 15.8 Å². The zero-order chi connectivity index (χ0) is 15.6. The first-order valence-electron chi connectivity index (χ1n) is 6.41. The lowest BCUT2D eigenvalue weighted by Gasteiger charge is -2.13. The third kappa shape index (κ3) is 3.25. The SMILES string of the molecule is Cc1c(C(=O)Nc2ncc([N+](=O)[O-])s2)cccc1C(C)C. The zero-order valence-electron chi connectivity index (χ0n) is 11.9. The number of hydrogen-bond acceptors (Lipinski definition) is 5. The van der Waals surface area contributed by atoms with Gasteiger partial charge in [-0.05, 0) is 41.4 Å². The predicted octanol–water partition coefficient (Wildman–Crippen LogP) is 3.74. The summed E-state index contributed by atoms with van der Waals surface area (Å²) in [5.74, 6) is 0.0120. The fourth-order valence-electron chi connectivity index (χ4n) is 2.10. The summed E-state index contributed by atoms with van der Waals surface area (Å²) >= 11 is 0.838. The monoisotopic (exact) mass is 305 g/mol. The van der Waals surface area contributed by atoms with Crippen LogP contribution in [0, 0.1) is 17.0 Å². The van der Waals surface area contributed by atoms with E-state index in [2.05, 4.69) is 24.1 Å². The molecule has 0 aliphatic heterocycles. The molecule has 0 spiro atoms. The van der Waals surface area contributed by atoms with Crippen LogP contribution in [0.4, 0.5) is 10.1 Å². The van der Waals surface area contributed by atoms with Gasteiger partial charge in [0.05, 0.1) is 4.92 Å². The van der Waals surface area contributed by atoms with E-state index in [1.54, 1.807) is 6.07 Å². The van der Waals surface area contributed by atoms with Crippen LogP contribution < -0.4 is 5.32 Å². The highest BCUT2D eigenvalue weighted by Crippen LogP contribution is 2.26. The molecule has 2 rings (SSSR count). The van der Waals surface area contributed by atoms with Crippen molar-refractivity contribution in [2.45, 2.75) is 26.7 Å². The number of carbonyl (C=O) groups excluding carboxylic acids is 1. The number of hydrogen-bond donors (Lipinski definition) is 1. The number of carbonyl (C=O) groups is 1. The van der Waals surface area contributed by atoms with Gasteiger partial charge in [0.2, 0.25) is 0 Å². The third-order valence-corrected chi connectivity index (χ3v) is 4.00. The number of nitro groups is 1. The first kappa shape index (κ1) is 15.1. The predicted molar refractivity (Wildman–Crippen MR) is 82.0 cm³/mol. The Morgan fingerprint density at radius 3 is 2.71 bits per heavy atom. The first-order valence-corrected chi connectivity index (χ1v) is 7.23. The Bertz CT molecular complexity index is 695. The van der Waals surface area contributed by atoms with Crippen LogP contribution in [0.2, 0.25) is 0 Å². The first-order chi connectivity index (χ1) is 9.90. The number of thiazole rings is 1. The van der Waals surface area contributed by atoms with E-state index in [-0.39, 0.29) is 16.0 Å². The Hall–Kier alpha value is -2.28. The average Bonchev–Trinajstić information content (AvgIpc) is 2.87. The van der Waals surface area contributed by atoms with Crippen LogP contribution in [-0.2, 0) is 0 Å². The summed E-state index contributed by atoms with van der Waals surface area (Å²) in [6.45, 7) is 6.02. The van der Waals surface area contributed by atoms with Crippen LogP contribution in [0.3, 0.4) is 0 Å². The summed E-state index contributed by atoms with van der Waals surface area (Å²) < 4.78 is 0. The molecule has 0 saturated carbocycles. The fraction of sp³-hybridized carbons (Fsp3) is 0.286. The quantitative estimate of drug-likeness (QED) is 0.688. The zero-order valence-corrected chi connectivity index (χ0v) is 12.7. The van der Waals surface area contributed by atoms with Crippen LogP contribution >= 0.6 is 11.3 Å². The molecule has 0 fully saturated rings. The van der Waals surface area contributed by atoms with Crippen LogP contribution in [0.15, 0.2) is 24.4 Å². The second kappa shape index (κ2) is 6.01. The molecule has 0 aliphatic carbocycles. The van der Waals surface area contributed by atoms with Gasteiger partial charge < -0.3 is 0 Å². The molecule has 21 heavy (non-hydrogen) atoms. The lowest BCUT2D eigenvalue weighted by Crippen LogP contribution is -2.14. The molecule has 1 aromatic carbocycles. The molecule has 0 radical (unpaired) electrons. The van der Waals surface area contributed by atoms with Gasteiger partial charge in [-0.3, -0.25) is 20.2 Å². The average molecular weight is 305 g/mol. The molecule has 6 nitrogen and oxygen atoms in total. The van der Waals surface area contributed by atoms with E-state index in [1.165, 1.54) is 0 Å². The Morgan fingerprint density at radius 2 is 2.14 bits per heavy atom. The Labute approximate surface area is 126 Å². The molecule has 1 heterocycles. The van der Waals surface area contributed by atoms with Gasteiger partial charge in [-0.2, -0.15) is 0 Å². The van der Waals surface area contributed by atoms with Crippen molar-refractivity contribution < 1.29 is 9.72 Å². The number of benzene rings is 1. The molecule has 1 amide bonds. The molecule has 1 aromatic heterocycles. The number of amides is 1. The van der Waals surface area contributed by atoms with Crippen molar-refractivity contribution in [3.63, 3.8) is 0 Å². The van der Waals surface area contributed by atoms with Gasteiger partial charge in [0, 0.05) is 5.56 Å². The van der Waals surface area contributed by atoms with E-state index in [0.29, 0.717) is 11.5 Å². The van der Waals surface area contributed by atoms with E-state index in [1.807, 2.05) is 19.1 Å². The molecule has 0 atom stereocenters. The lowest BCUT2D eigenvalue weighted by atomic mass is 9.94. The second-order valence-corrected chi connectivity index (χ2v) is 5.90. The van der Waals surface area contributed by atoms with Crippen LogP contribution in [0.5, 0.6) is 0 Å². The minimum atomic E-state index is -0.530. The number of anilines is 1. The minimum absolute atomic E-state index is 0.0991. The normalized spacial score (nSPS) is 10.7. The summed E-state index contributed by atoms with van der Waals surface area (Å²) in [6, 6.07) is 5.56. The van der Waals surface area contributed by atoms with Gasteiger partial charge in [0.15, 0.2) is 5.13 Å². The fourth-order valence-corrected chi connectivity index (χ4v) is 2.72. The van der Waals surface area contributed by atoms with Gasteiger partial charge in [0.25, 0.3) is 5.91 Å². The van der Waals surface area contributed by atoms with Crippen molar-refractivity contribution >= 4 is 27.4 Å². The van der Waals surface area contributed by atoms with Crippen molar-refractivity contribution in [1.29, 1.82) is 0 Å². The Balaban J connectivity index is 2.24. The Kier molecular flexibility index (Phi) is 4.32. The summed E-state index contributed by atoms with van der Waals surface area (Å²) in [6.07, 6.45) is 1.14. The van der Waals surface area contributed by atoms with Gasteiger partial charge in [-0.15, -0.1) is 0 Å². The maximum absolute atomic E-state index is 12.3. The minimum Gasteiger partial charge on any atom is -0.298 e. The van der Waals surface area contributed by atoms with Gasteiger partial charge in [-0.1, -0.05) is 26.0 Å². The molecular weight excluding hydrogens is 290 g/mol. The number of rotatable bonds is 4. The lowest BCUT2D eigenvalue weighted by molar-refractivity contribution is -0.380. The van der Waals surface area contributed by atoms with Crippen molar-refractivity contribution in [2.24, 2.45) is 0 Å². The maximum atomic E-state index is 12.3. The summed E-state index contributed by atoms with van der Waals surface area (Å²) in [5.41, 5.74) is 2.57. The van der Waals surface area contributed by atoms with Crippen LogP contribution in [0.1, 0.15) is 41.3 Å². The second-order valence-electron chi connectivity index (χ2n) is 4.89. The molecule has 0 aliphatic rings. The highest BCUT2D eigenvalue weighted by atomic mass is 32.1. The molecule has 2 aromatic rings. The van der Waals surface area contributed by atoms with Crippen LogP contribution in [0.25, 0.3) is 0 Å². The van der Waals surface area contributed by atoms with Crippen molar-refractivity contribution in [1.82, 2.24) is 4.98 Å². The van der Waals surface area contributed by atoms with Crippen molar-refractivity contribution in [2.75, 3.05) is 5.32 Å². The maximum Gasteiger partial charge on any atom is 0.345 e. The van der Waals surface area contributed by atoms with E-state index in [9.17, 15) is 14.9 Å². The molecule has 110 valence electrons. The molecular formula is C14H15N3O3S. The largest absolute Gasteiger partial charge is 0.345 e. The van der Waals surface area contributed by atoms with Crippen molar-refractivity contribution in [3.05, 3.63) is 51.2 Å². The van der Waals surface area contributed by atoms with Gasteiger partial charge >= 0.3 is 5.00 Å². The Morgan fingerprint density at radius 1 is 1.43 bits per heavy atom. The topological polar surface area (TPSA) is 85.1 Å². The third-order valence-electron chi connectivity index (χ3n) is 3.14. The number of aromatic nitrogens is 1. The van der Waals surface area contributed by atoms with E-state index in [4.69, 9.17) is 0 Å². The molecule has 7 heteroatoms. The molecule has 0 unspecified atom stereocenters. The van der Waals surface area contributed by atoms with E-state index >= 15 is 0 Å².